The zero-order chi connectivity index (χ0) is 21.8. The standard InChI is InChI=1S/C23H27N5O3/c1-15(2)21-19-12-16(13-24-23(19)31-27-21)22(30)26-18-8-10-28(11-9-18)14-20(29)25-17-6-4-3-5-7-17/h3-7,12-13,15,18H,8-11,14H2,1-2H3,(H,25,29)(H,26,30). The number of nitrogens with one attached hydrogen (secondary N) is 2. The van der Waals surface area contributed by atoms with E-state index in [0.29, 0.717) is 17.8 Å². The molecule has 3 aromatic rings. The van der Waals surface area contributed by atoms with Gasteiger partial charge in [0.25, 0.3) is 11.6 Å². The van der Waals surface area contributed by atoms with Crippen LogP contribution in [-0.4, -0.2) is 52.5 Å². The molecule has 8 heteroatoms. The number of fused-ring (bicyclic) bond motifs is 1. The largest absolute Gasteiger partial charge is 0.349 e. The summed E-state index contributed by atoms with van der Waals surface area (Å²) in [4.78, 5) is 31.3. The van der Waals surface area contributed by atoms with Crippen LogP contribution in [0.25, 0.3) is 11.1 Å². The Morgan fingerprint density at radius 1 is 1.19 bits per heavy atom. The topological polar surface area (TPSA) is 100 Å². The number of carbonyl (C=O) groups is 2. The number of pyridine rings is 1. The molecule has 0 unspecified atom stereocenters. The minimum absolute atomic E-state index is 0.0252. The van der Waals surface area contributed by atoms with Gasteiger partial charge in [0.2, 0.25) is 5.91 Å². The molecule has 3 heterocycles. The van der Waals surface area contributed by atoms with Crippen LogP contribution >= 0.6 is 0 Å². The molecule has 0 aliphatic carbocycles. The zero-order valence-electron chi connectivity index (χ0n) is 17.8. The summed E-state index contributed by atoms with van der Waals surface area (Å²) >= 11 is 0. The predicted octanol–water partition coefficient (Wildman–Crippen LogP) is 3.18. The maximum atomic E-state index is 12.7. The van der Waals surface area contributed by atoms with Gasteiger partial charge in [0.05, 0.1) is 23.2 Å². The predicted molar refractivity (Wildman–Crippen MR) is 118 cm³/mol. The minimum Gasteiger partial charge on any atom is -0.349 e. The van der Waals surface area contributed by atoms with Crippen LogP contribution in [0.3, 0.4) is 0 Å². The van der Waals surface area contributed by atoms with Crippen LogP contribution in [0.5, 0.6) is 0 Å². The van der Waals surface area contributed by atoms with Crippen molar-refractivity contribution in [2.24, 2.45) is 0 Å². The fourth-order valence-electron chi connectivity index (χ4n) is 3.82. The number of anilines is 1. The minimum atomic E-state index is -0.148. The summed E-state index contributed by atoms with van der Waals surface area (Å²) in [6.45, 7) is 5.92. The highest BCUT2D eigenvalue weighted by molar-refractivity contribution is 5.97. The van der Waals surface area contributed by atoms with E-state index in [2.05, 4.69) is 25.7 Å². The van der Waals surface area contributed by atoms with E-state index in [0.717, 1.165) is 42.7 Å². The molecule has 1 aliphatic heterocycles. The number of piperidine rings is 1. The molecule has 0 atom stereocenters. The van der Waals surface area contributed by atoms with E-state index in [-0.39, 0.29) is 23.8 Å². The number of aromatic nitrogens is 2. The van der Waals surface area contributed by atoms with Crippen molar-refractivity contribution in [3.63, 3.8) is 0 Å². The third-order valence-electron chi connectivity index (χ3n) is 5.51. The first-order valence-electron chi connectivity index (χ1n) is 10.6. The maximum Gasteiger partial charge on any atom is 0.257 e. The third-order valence-corrected chi connectivity index (χ3v) is 5.51. The van der Waals surface area contributed by atoms with Gasteiger partial charge in [-0.3, -0.25) is 14.5 Å². The van der Waals surface area contributed by atoms with E-state index in [1.165, 1.54) is 6.20 Å². The number of carbonyl (C=O) groups excluding carboxylic acids is 2. The summed E-state index contributed by atoms with van der Waals surface area (Å²) in [5, 5.41) is 10.8. The van der Waals surface area contributed by atoms with Gasteiger partial charge in [-0.15, -0.1) is 0 Å². The number of hydrogen-bond donors (Lipinski definition) is 2. The smallest absolute Gasteiger partial charge is 0.257 e. The SMILES string of the molecule is CC(C)c1noc2ncc(C(=O)NC3CCN(CC(=O)Nc4ccccc4)CC3)cc12. The van der Waals surface area contributed by atoms with Gasteiger partial charge in [0, 0.05) is 31.0 Å². The van der Waals surface area contributed by atoms with Gasteiger partial charge in [0.1, 0.15) is 0 Å². The monoisotopic (exact) mass is 421 g/mol. The number of amides is 2. The molecule has 2 N–H and O–H groups in total. The summed E-state index contributed by atoms with van der Waals surface area (Å²) in [7, 11) is 0. The second kappa shape index (κ2) is 9.26. The van der Waals surface area contributed by atoms with Crippen molar-refractivity contribution in [3.05, 3.63) is 53.9 Å². The number of benzene rings is 1. The van der Waals surface area contributed by atoms with Gasteiger partial charge in [-0.2, -0.15) is 0 Å². The van der Waals surface area contributed by atoms with Gasteiger partial charge in [-0.05, 0) is 37.0 Å². The molecule has 162 valence electrons. The first kappa shape index (κ1) is 21.0. The highest BCUT2D eigenvalue weighted by Crippen LogP contribution is 2.24. The van der Waals surface area contributed by atoms with E-state index in [1.807, 2.05) is 44.2 Å². The molecular formula is C23H27N5O3. The molecule has 2 amide bonds. The van der Waals surface area contributed by atoms with Gasteiger partial charge >= 0.3 is 0 Å². The second-order valence-electron chi connectivity index (χ2n) is 8.24. The summed E-state index contributed by atoms with van der Waals surface area (Å²) in [5.74, 6) is 0.0121. The van der Waals surface area contributed by atoms with Crippen LogP contribution in [0.15, 0.2) is 47.1 Å². The molecule has 0 saturated carbocycles. The molecule has 8 nitrogen and oxygen atoms in total. The molecule has 0 radical (unpaired) electrons. The molecule has 2 aromatic heterocycles. The Morgan fingerprint density at radius 2 is 1.94 bits per heavy atom. The number of nitrogens with zero attached hydrogens (tertiary/aromatic N) is 3. The Hall–Kier alpha value is -3.26. The van der Waals surface area contributed by atoms with Crippen LogP contribution in [0.1, 0.15) is 48.7 Å². The lowest BCUT2D eigenvalue weighted by Gasteiger charge is -2.31. The van der Waals surface area contributed by atoms with E-state index in [1.54, 1.807) is 6.07 Å². The lowest BCUT2D eigenvalue weighted by molar-refractivity contribution is -0.117. The highest BCUT2D eigenvalue weighted by atomic mass is 16.5. The normalized spacial score (nSPS) is 15.3. The van der Waals surface area contributed by atoms with Crippen molar-refractivity contribution >= 4 is 28.6 Å². The van der Waals surface area contributed by atoms with Crippen LogP contribution in [0.4, 0.5) is 5.69 Å². The van der Waals surface area contributed by atoms with E-state index in [9.17, 15) is 9.59 Å². The molecule has 31 heavy (non-hydrogen) atoms. The Balaban J connectivity index is 1.28. The summed E-state index contributed by atoms with van der Waals surface area (Å²) in [6.07, 6.45) is 3.12. The second-order valence-corrected chi connectivity index (χ2v) is 8.24. The molecule has 0 spiro atoms. The molecular weight excluding hydrogens is 394 g/mol. The van der Waals surface area contributed by atoms with Crippen LogP contribution in [-0.2, 0) is 4.79 Å². The van der Waals surface area contributed by atoms with Crippen molar-refractivity contribution in [2.45, 2.75) is 38.6 Å². The van der Waals surface area contributed by atoms with Crippen molar-refractivity contribution in [3.8, 4) is 0 Å². The summed E-state index contributed by atoms with van der Waals surface area (Å²) in [6, 6.07) is 11.3. The number of rotatable bonds is 6. The Morgan fingerprint density at radius 3 is 2.65 bits per heavy atom. The zero-order valence-corrected chi connectivity index (χ0v) is 17.8. The number of likely N-dealkylation sites (tertiary alicyclic amines) is 1. The van der Waals surface area contributed by atoms with E-state index >= 15 is 0 Å². The lowest BCUT2D eigenvalue weighted by Crippen LogP contribution is -2.46. The fourth-order valence-corrected chi connectivity index (χ4v) is 3.82. The van der Waals surface area contributed by atoms with Crippen LogP contribution in [0.2, 0.25) is 0 Å². The Bertz CT molecular complexity index is 1060. The molecule has 4 rings (SSSR count). The van der Waals surface area contributed by atoms with Crippen molar-refractivity contribution in [1.82, 2.24) is 20.4 Å². The average Bonchev–Trinajstić information content (AvgIpc) is 3.19. The average molecular weight is 422 g/mol. The summed E-state index contributed by atoms with van der Waals surface area (Å²) in [5.41, 5.74) is 2.55. The van der Waals surface area contributed by atoms with Crippen molar-refractivity contribution < 1.29 is 14.1 Å². The van der Waals surface area contributed by atoms with Gasteiger partial charge < -0.3 is 15.2 Å². The maximum absolute atomic E-state index is 12.7. The number of hydrogen-bond acceptors (Lipinski definition) is 6. The molecule has 1 fully saturated rings. The quantitative estimate of drug-likeness (QED) is 0.634. The van der Waals surface area contributed by atoms with Crippen LogP contribution in [0, 0.1) is 0 Å². The summed E-state index contributed by atoms with van der Waals surface area (Å²) < 4.78 is 5.24. The van der Waals surface area contributed by atoms with Gasteiger partial charge in [0.15, 0.2) is 0 Å². The number of para-hydroxylation sites is 1. The first-order chi connectivity index (χ1) is 15.0. The molecule has 0 bridgehead atoms. The van der Waals surface area contributed by atoms with Gasteiger partial charge in [-0.1, -0.05) is 37.2 Å². The van der Waals surface area contributed by atoms with Crippen molar-refractivity contribution in [2.75, 3.05) is 25.0 Å². The third kappa shape index (κ3) is 5.08. The highest BCUT2D eigenvalue weighted by Gasteiger charge is 2.23. The van der Waals surface area contributed by atoms with E-state index < -0.39 is 0 Å². The van der Waals surface area contributed by atoms with E-state index in [4.69, 9.17) is 4.52 Å². The van der Waals surface area contributed by atoms with Crippen molar-refractivity contribution in [1.29, 1.82) is 0 Å². The van der Waals surface area contributed by atoms with Gasteiger partial charge in [-0.25, -0.2) is 4.98 Å². The first-order valence-corrected chi connectivity index (χ1v) is 10.6. The van der Waals surface area contributed by atoms with Crippen LogP contribution < -0.4 is 10.6 Å². The molecule has 1 aromatic carbocycles. The fraction of sp³-hybridized carbons (Fsp3) is 0.391. The molecule has 1 saturated heterocycles. The lowest BCUT2D eigenvalue weighted by atomic mass is 10.0. The molecule has 1 aliphatic rings. The Kier molecular flexibility index (Phi) is 6.27. The Labute approximate surface area is 181 Å².